The minimum Gasteiger partial charge on any atom is -0.366 e. The average Bonchev–Trinajstić information content (AvgIpc) is 2.60. The van der Waals surface area contributed by atoms with Crippen molar-refractivity contribution in [2.45, 2.75) is 83.7 Å². The van der Waals surface area contributed by atoms with Crippen LogP contribution in [0.5, 0.6) is 0 Å². The lowest BCUT2D eigenvalue weighted by molar-refractivity contribution is -0.115. The molecular formula is C21H40N4O2. The van der Waals surface area contributed by atoms with Gasteiger partial charge in [0.2, 0.25) is 11.8 Å². The lowest BCUT2D eigenvalue weighted by Crippen LogP contribution is -2.30. The summed E-state index contributed by atoms with van der Waals surface area (Å²) in [5.41, 5.74) is 22.1. The molecule has 0 aromatic heterocycles. The van der Waals surface area contributed by atoms with Crippen LogP contribution >= 0.6 is 0 Å². The lowest BCUT2D eigenvalue weighted by Gasteiger charge is -2.32. The number of primary amides is 2. The van der Waals surface area contributed by atoms with E-state index >= 15 is 0 Å². The predicted molar refractivity (Wildman–Crippen MR) is 113 cm³/mol. The molecule has 2 fully saturated rings. The van der Waals surface area contributed by atoms with Gasteiger partial charge in [0.15, 0.2) is 0 Å². The summed E-state index contributed by atoms with van der Waals surface area (Å²) < 4.78 is 0. The minimum atomic E-state index is -0.435. The third kappa shape index (κ3) is 13.2. The predicted octanol–water partition coefficient (Wildman–Crippen LogP) is 2.51. The number of nitrogens with two attached hydrogens (primary N) is 4. The van der Waals surface area contributed by atoms with Crippen LogP contribution in [0.25, 0.3) is 0 Å². The van der Waals surface area contributed by atoms with E-state index in [9.17, 15) is 9.59 Å². The van der Waals surface area contributed by atoms with Crippen molar-refractivity contribution in [2.24, 2.45) is 34.8 Å². The van der Waals surface area contributed by atoms with Crippen molar-refractivity contribution in [3.63, 3.8) is 0 Å². The molecular weight excluding hydrogens is 340 g/mol. The van der Waals surface area contributed by atoms with Gasteiger partial charge < -0.3 is 22.9 Å². The van der Waals surface area contributed by atoms with Crippen molar-refractivity contribution in [3.05, 3.63) is 24.3 Å². The Balaban J connectivity index is 0.000000470. The van der Waals surface area contributed by atoms with Gasteiger partial charge in [-0.2, -0.15) is 0 Å². The second-order valence-corrected chi connectivity index (χ2v) is 8.09. The highest BCUT2D eigenvalue weighted by atomic mass is 16.1. The maximum atomic E-state index is 9.82. The Bertz CT molecular complexity index is 420. The highest BCUT2D eigenvalue weighted by Crippen LogP contribution is 2.34. The molecule has 2 saturated carbocycles. The minimum absolute atomic E-state index is 0.398. The van der Waals surface area contributed by atoms with Crippen LogP contribution in [0.2, 0.25) is 0 Å². The third-order valence-corrected chi connectivity index (χ3v) is 5.29. The van der Waals surface area contributed by atoms with Crippen molar-refractivity contribution in [2.75, 3.05) is 0 Å². The Morgan fingerprint density at radius 3 is 1.11 bits per heavy atom. The number of hydrogen-bond acceptors (Lipinski definition) is 4. The average molecular weight is 381 g/mol. The van der Waals surface area contributed by atoms with Crippen LogP contribution in [0.15, 0.2) is 24.3 Å². The fraction of sp³-hybridized carbons (Fsp3) is 0.714. The monoisotopic (exact) mass is 380 g/mol. The Morgan fingerprint density at radius 2 is 0.926 bits per heavy atom. The van der Waals surface area contributed by atoms with Crippen LogP contribution in [-0.4, -0.2) is 23.9 Å². The largest absolute Gasteiger partial charge is 0.366 e. The highest BCUT2D eigenvalue weighted by Gasteiger charge is 2.24. The molecule has 0 spiro atoms. The highest BCUT2D eigenvalue weighted by molar-refractivity contribution is 5.90. The van der Waals surface area contributed by atoms with Crippen molar-refractivity contribution < 1.29 is 9.59 Å². The zero-order valence-electron chi connectivity index (χ0n) is 17.2. The van der Waals surface area contributed by atoms with E-state index in [1.165, 1.54) is 57.8 Å². The quantitative estimate of drug-likeness (QED) is 0.556. The Labute approximate surface area is 164 Å². The molecule has 2 amide bonds. The fourth-order valence-corrected chi connectivity index (χ4v) is 3.32. The van der Waals surface area contributed by atoms with Crippen LogP contribution < -0.4 is 22.9 Å². The van der Waals surface area contributed by atoms with Crippen molar-refractivity contribution >= 4 is 11.8 Å². The summed E-state index contributed by atoms with van der Waals surface area (Å²) in [5, 5.41) is 0. The second-order valence-electron chi connectivity index (χ2n) is 8.09. The normalized spacial score (nSPS) is 27.1. The summed E-state index contributed by atoms with van der Waals surface area (Å²) in [5.74, 6) is 1.08. The maximum Gasteiger partial charge on any atom is 0.243 e. The summed E-state index contributed by atoms with van der Waals surface area (Å²) >= 11 is 0. The van der Waals surface area contributed by atoms with Crippen molar-refractivity contribution in [3.8, 4) is 0 Å². The first-order valence-corrected chi connectivity index (χ1v) is 9.94. The Morgan fingerprint density at radius 1 is 0.704 bits per heavy atom. The molecule has 6 nitrogen and oxygen atoms in total. The van der Waals surface area contributed by atoms with Gasteiger partial charge in [-0.25, -0.2) is 0 Å². The van der Waals surface area contributed by atoms with Gasteiger partial charge in [-0.15, -0.1) is 0 Å². The van der Waals surface area contributed by atoms with E-state index in [1.54, 1.807) is 13.8 Å². The van der Waals surface area contributed by atoms with E-state index < -0.39 is 11.8 Å². The summed E-state index contributed by atoms with van der Waals surface area (Å²) in [6, 6.07) is 1.00. The van der Waals surface area contributed by atoms with Gasteiger partial charge >= 0.3 is 0 Å². The smallest absolute Gasteiger partial charge is 0.243 e. The standard InChI is InChI=1S/C13H26N2.2C4H7NO/c14-12-5-1-10(2-6-12)9-11-3-7-13(15)8-4-11;2*1-3(2)4(5)6/h10-13H,1-9,14-15H2;2*1H2,2H3,(H2,5,6). The van der Waals surface area contributed by atoms with E-state index in [0.29, 0.717) is 23.2 Å². The number of hydrogen-bond donors (Lipinski definition) is 4. The molecule has 156 valence electrons. The Kier molecular flexibility index (Phi) is 12.7. The first-order chi connectivity index (χ1) is 12.5. The first kappa shape index (κ1) is 25.3. The summed E-state index contributed by atoms with van der Waals surface area (Å²) in [7, 11) is 0. The van der Waals surface area contributed by atoms with Gasteiger partial charge in [-0.1, -0.05) is 13.2 Å². The van der Waals surface area contributed by atoms with Crippen molar-refractivity contribution in [1.82, 2.24) is 0 Å². The van der Waals surface area contributed by atoms with Crippen LogP contribution in [0, 0.1) is 11.8 Å². The number of carbonyl (C=O) groups excluding carboxylic acids is 2. The van der Waals surface area contributed by atoms with Gasteiger partial charge in [-0.3, -0.25) is 9.59 Å². The van der Waals surface area contributed by atoms with E-state index in [-0.39, 0.29) is 0 Å². The van der Waals surface area contributed by atoms with Gasteiger partial charge in [-0.05, 0) is 83.5 Å². The maximum absolute atomic E-state index is 9.82. The molecule has 2 aliphatic carbocycles. The lowest BCUT2D eigenvalue weighted by atomic mass is 9.76. The van der Waals surface area contributed by atoms with E-state index in [2.05, 4.69) is 13.2 Å². The van der Waals surface area contributed by atoms with Gasteiger partial charge in [0.05, 0.1) is 0 Å². The molecule has 2 rings (SSSR count). The molecule has 0 radical (unpaired) electrons. The summed E-state index contributed by atoms with van der Waals surface area (Å²) in [6.07, 6.45) is 12.0. The van der Waals surface area contributed by atoms with Crippen LogP contribution in [-0.2, 0) is 9.59 Å². The zero-order chi connectivity index (χ0) is 21.0. The molecule has 8 N–H and O–H groups in total. The molecule has 0 bridgehead atoms. The summed E-state index contributed by atoms with van der Waals surface area (Å²) in [4.78, 5) is 19.6. The molecule has 6 heteroatoms. The van der Waals surface area contributed by atoms with E-state index in [4.69, 9.17) is 22.9 Å². The number of amides is 2. The zero-order valence-corrected chi connectivity index (χ0v) is 17.2. The van der Waals surface area contributed by atoms with Crippen LogP contribution in [0.1, 0.15) is 71.6 Å². The van der Waals surface area contributed by atoms with E-state index in [0.717, 1.165) is 11.8 Å². The number of rotatable bonds is 4. The van der Waals surface area contributed by atoms with Crippen LogP contribution in [0.4, 0.5) is 0 Å². The van der Waals surface area contributed by atoms with Gasteiger partial charge in [0.25, 0.3) is 0 Å². The molecule has 27 heavy (non-hydrogen) atoms. The molecule has 2 aliphatic rings. The fourth-order valence-electron chi connectivity index (χ4n) is 3.32. The molecule has 0 unspecified atom stereocenters. The Hall–Kier alpha value is -1.66. The van der Waals surface area contributed by atoms with Crippen molar-refractivity contribution in [1.29, 1.82) is 0 Å². The molecule has 0 aromatic rings. The molecule has 0 saturated heterocycles. The molecule has 0 heterocycles. The summed E-state index contributed by atoms with van der Waals surface area (Å²) in [6.45, 7) is 9.70. The van der Waals surface area contributed by atoms with Crippen LogP contribution in [0.3, 0.4) is 0 Å². The molecule has 0 aliphatic heterocycles. The van der Waals surface area contributed by atoms with Gasteiger partial charge in [0.1, 0.15) is 0 Å². The topological polar surface area (TPSA) is 138 Å². The first-order valence-electron chi connectivity index (χ1n) is 9.94. The second kappa shape index (κ2) is 13.5. The number of carbonyl (C=O) groups is 2. The molecule has 0 aromatic carbocycles. The third-order valence-electron chi connectivity index (χ3n) is 5.29. The van der Waals surface area contributed by atoms with Gasteiger partial charge in [0, 0.05) is 23.2 Å². The van der Waals surface area contributed by atoms with E-state index in [1.807, 2.05) is 0 Å². The molecule has 0 atom stereocenters. The SMILES string of the molecule is C=C(C)C(N)=O.C=C(C)C(N)=O.NC1CCC(CC2CCC(N)CC2)CC1.